The van der Waals surface area contributed by atoms with Gasteiger partial charge in [-0.15, -0.1) is 0 Å². The predicted octanol–water partition coefficient (Wildman–Crippen LogP) is 3.84. The van der Waals surface area contributed by atoms with Gasteiger partial charge in [-0.3, -0.25) is 13.9 Å². The van der Waals surface area contributed by atoms with Gasteiger partial charge < -0.3 is 10.2 Å². The molecule has 7 nitrogen and oxygen atoms in total. The molecule has 10 heteroatoms. The number of nitrogens with one attached hydrogen (secondary N) is 1. The van der Waals surface area contributed by atoms with E-state index in [1.54, 1.807) is 6.92 Å². The number of nitrogens with zero attached hydrogens (tertiary/aromatic N) is 2. The van der Waals surface area contributed by atoms with Crippen molar-refractivity contribution in [3.8, 4) is 0 Å². The minimum Gasteiger partial charge on any atom is -0.350 e. The summed E-state index contributed by atoms with van der Waals surface area (Å²) in [6.45, 7) is 7.28. The lowest BCUT2D eigenvalue weighted by molar-refractivity contribution is -0.141. The molecular formula is C25H33F2N3O4S. The lowest BCUT2D eigenvalue weighted by Gasteiger charge is -2.32. The van der Waals surface area contributed by atoms with Crippen LogP contribution in [-0.4, -0.2) is 49.5 Å². The maximum absolute atomic E-state index is 13.7. The van der Waals surface area contributed by atoms with Crippen molar-refractivity contribution in [2.45, 2.75) is 58.7 Å². The fourth-order valence-electron chi connectivity index (χ4n) is 3.48. The zero-order valence-corrected chi connectivity index (χ0v) is 21.5. The summed E-state index contributed by atoms with van der Waals surface area (Å²) in [6.07, 6.45) is 1.02. The maximum Gasteiger partial charge on any atom is 0.242 e. The van der Waals surface area contributed by atoms with Crippen LogP contribution in [0.4, 0.5) is 14.5 Å². The third kappa shape index (κ3) is 8.61. The first-order valence-corrected chi connectivity index (χ1v) is 13.1. The number of carbonyl (C=O) groups is 2. The van der Waals surface area contributed by atoms with Crippen molar-refractivity contribution in [1.29, 1.82) is 0 Å². The second kappa shape index (κ2) is 11.6. The first-order chi connectivity index (χ1) is 16.2. The zero-order valence-electron chi connectivity index (χ0n) is 20.7. The van der Waals surface area contributed by atoms with Crippen LogP contribution in [0.2, 0.25) is 0 Å². The molecule has 0 fully saturated rings. The van der Waals surface area contributed by atoms with Crippen molar-refractivity contribution >= 4 is 27.5 Å². The van der Waals surface area contributed by atoms with E-state index in [1.165, 1.54) is 11.0 Å². The van der Waals surface area contributed by atoms with Crippen molar-refractivity contribution < 1.29 is 26.8 Å². The topological polar surface area (TPSA) is 86.8 Å². The van der Waals surface area contributed by atoms with Crippen molar-refractivity contribution in [2.24, 2.45) is 0 Å². The molecule has 0 spiro atoms. The Kier molecular flexibility index (Phi) is 9.37. The van der Waals surface area contributed by atoms with Crippen LogP contribution in [0.15, 0.2) is 48.5 Å². The van der Waals surface area contributed by atoms with Crippen LogP contribution in [0.25, 0.3) is 0 Å². The predicted molar refractivity (Wildman–Crippen MR) is 132 cm³/mol. The van der Waals surface area contributed by atoms with Gasteiger partial charge in [-0.2, -0.15) is 0 Å². The number of sulfonamides is 1. The lowest BCUT2D eigenvalue weighted by Crippen LogP contribution is -2.52. The second-order valence-electron chi connectivity index (χ2n) is 9.46. The largest absolute Gasteiger partial charge is 0.350 e. The van der Waals surface area contributed by atoms with Gasteiger partial charge in [0.15, 0.2) is 11.6 Å². The van der Waals surface area contributed by atoms with E-state index in [1.807, 2.05) is 51.1 Å². The molecule has 2 aromatic rings. The Labute approximate surface area is 206 Å². The van der Waals surface area contributed by atoms with Gasteiger partial charge in [0.1, 0.15) is 6.04 Å². The number of benzene rings is 2. The molecule has 0 heterocycles. The Hall–Kier alpha value is -3.01. The van der Waals surface area contributed by atoms with Gasteiger partial charge in [0.2, 0.25) is 21.8 Å². The average molecular weight is 510 g/mol. The van der Waals surface area contributed by atoms with E-state index in [4.69, 9.17) is 0 Å². The maximum atomic E-state index is 13.7. The molecule has 0 unspecified atom stereocenters. The van der Waals surface area contributed by atoms with E-state index < -0.39 is 33.2 Å². The summed E-state index contributed by atoms with van der Waals surface area (Å²) in [5, 5.41) is 2.88. The number of hydrogen-bond donors (Lipinski definition) is 1. The van der Waals surface area contributed by atoms with E-state index in [0.29, 0.717) is 0 Å². The van der Waals surface area contributed by atoms with E-state index in [0.717, 1.165) is 28.3 Å². The number of amides is 2. The fourth-order valence-corrected chi connectivity index (χ4v) is 4.44. The molecule has 0 saturated heterocycles. The van der Waals surface area contributed by atoms with Gasteiger partial charge in [-0.1, -0.05) is 30.3 Å². The first-order valence-electron chi connectivity index (χ1n) is 11.3. The molecule has 2 rings (SSSR count). The Bertz CT molecular complexity index is 1140. The monoisotopic (exact) mass is 509 g/mol. The second-order valence-corrected chi connectivity index (χ2v) is 11.4. The van der Waals surface area contributed by atoms with Crippen LogP contribution in [0.5, 0.6) is 0 Å². The van der Waals surface area contributed by atoms with E-state index in [-0.39, 0.29) is 43.4 Å². The highest BCUT2D eigenvalue weighted by Gasteiger charge is 2.28. The molecule has 1 N–H and O–H groups in total. The standard InChI is InChI=1S/C25H33F2N3O4S/c1-18(24(32)28-25(2,3)4)29(17-19-10-7-6-8-11-19)23(31)12-9-15-30(35(5,33)34)20-13-14-21(26)22(27)16-20/h6-8,10-11,13-14,16,18H,9,12,15,17H2,1-5H3,(H,28,32)/t18-/m1/s1. The minimum atomic E-state index is -3.81. The van der Waals surface area contributed by atoms with Crippen LogP contribution in [0.1, 0.15) is 46.1 Å². The minimum absolute atomic E-state index is 0.0297. The summed E-state index contributed by atoms with van der Waals surface area (Å²) in [5.41, 5.74) is 0.335. The summed E-state index contributed by atoms with van der Waals surface area (Å²) < 4.78 is 52.5. The molecule has 0 saturated carbocycles. The number of halogens is 2. The van der Waals surface area contributed by atoms with E-state index >= 15 is 0 Å². The van der Waals surface area contributed by atoms with Crippen molar-refractivity contribution in [3.05, 3.63) is 65.7 Å². The zero-order chi connectivity index (χ0) is 26.4. The summed E-state index contributed by atoms with van der Waals surface area (Å²) in [5.74, 6) is -2.89. The molecule has 2 aromatic carbocycles. The van der Waals surface area contributed by atoms with Gasteiger partial charge in [0.25, 0.3) is 0 Å². The molecule has 0 aliphatic carbocycles. The third-order valence-electron chi connectivity index (χ3n) is 5.20. The van der Waals surface area contributed by atoms with Crippen LogP contribution in [0.3, 0.4) is 0 Å². The molecule has 0 radical (unpaired) electrons. The van der Waals surface area contributed by atoms with Gasteiger partial charge in [0.05, 0.1) is 11.9 Å². The van der Waals surface area contributed by atoms with E-state index in [9.17, 15) is 26.8 Å². The molecule has 35 heavy (non-hydrogen) atoms. The molecule has 2 amide bonds. The number of carbonyl (C=O) groups excluding carboxylic acids is 2. The summed E-state index contributed by atoms with van der Waals surface area (Å²) >= 11 is 0. The molecule has 0 aliphatic rings. The Balaban J connectivity index is 2.18. The van der Waals surface area contributed by atoms with Crippen LogP contribution in [0, 0.1) is 11.6 Å². The smallest absolute Gasteiger partial charge is 0.242 e. The van der Waals surface area contributed by atoms with Crippen molar-refractivity contribution in [3.63, 3.8) is 0 Å². The average Bonchev–Trinajstić information content (AvgIpc) is 2.75. The number of anilines is 1. The highest BCUT2D eigenvalue weighted by Crippen LogP contribution is 2.21. The normalized spacial score (nSPS) is 12.7. The Morgan fingerprint density at radius 3 is 2.20 bits per heavy atom. The molecule has 1 atom stereocenters. The van der Waals surface area contributed by atoms with Gasteiger partial charge in [-0.05, 0) is 51.8 Å². The first kappa shape index (κ1) is 28.2. The quantitative estimate of drug-likeness (QED) is 0.527. The van der Waals surface area contributed by atoms with E-state index in [2.05, 4.69) is 5.32 Å². The summed E-state index contributed by atoms with van der Waals surface area (Å²) in [6, 6.07) is 11.3. The van der Waals surface area contributed by atoms with Gasteiger partial charge in [0, 0.05) is 31.1 Å². The van der Waals surface area contributed by atoms with Gasteiger partial charge >= 0.3 is 0 Å². The fraction of sp³-hybridized carbons (Fsp3) is 0.440. The molecule has 192 valence electrons. The van der Waals surface area contributed by atoms with Crippen LogP contribution < -0.4 is 9.62 Å². The lowest BCUT2D eigenvalue weighted by atomic mass is 10.1. The Morgan fingerprint density at radius 2 is 1.66 bits per heavy atom. The highest BCUT2D eigenvalue weighted by atomic mass is 32.2. The van der Waals surface area contributed by atoms with Crippen molar-refractivity contribution in [2.75, 3.05) is 17.1 Å². The molecule has 0 aliphatic heterocycles. The summed E-state index contributed by atoms with van der Waals surface area (Å²) in [7, 11) is -3.81. The SMILES string of the molecule is C[C@H](C(=O)NC(C)(C)C)N(Cc1ccccc1)C(=O)CCCN(c1ccc(F)c(F)c1)S(C)(=O)=O. The number of hydrogen-bond acceptors (Lipinski definition) is 4. The van der Waals surface area contributed by atoms with Gasteiger partial charge in [-0.25, -0.2) is 17.2 Å². The molecule has 0 aromatic heterocycles. The van der Waals surface area contributed by atoms with Crippen molar-refractivity contribution in [1.82, 2.24) is 10.2 Å². The van der Waals surface area contributed by atoms with Crippen LogP contribution >= 0.6 is 0 Å². The number of rotatable bonds is 10. The summed E-state index contributed by atoms with van der Waals surface area (Å²) in [4.78, 5) is 27.4. The molecule has 0 bridgehead atoms. The third-order valence-corrected chi connectivity index (χ3v) is 6.40. The highest BCUT2D eigenvalue weighted by molar-refractivity contribution is 7.92. The van der Waals surface area contributed by atoms with Crippen LogP contribution in [-0.2, 0) is 26.2 Å². The Morgan fingerprint density at radius 1 is 1.03 bits per heavy atom. The molecular weight excluding hydrogens is 476 g/mol.